The predicted octanol–water partition coefficient (Wildman–Crippen LogP) is 6.72. The lowest BCUT2D eigenvalue weighted by Gasteiger charge is -2.27. The number of fused-ring (bicyclic) bond motifs is 1. The lowest BCUT2D eigenvalue weighted by atomic mass is 9.88. The Hall–Kier alpha value is -3.05. The molecule has 0 aliphatic heterocycles. The number of methoxy groups -OCH3 is 3. The van der Waals surface area contributed by atoms with Gasteiger partial charge >= 0.3 is 5.63 Å². The van der Waals surface area contributed by atoms with E-state index in [0.29, 0.717) is 23.5 Å². The Labute approximate surface area is 196 Å². The van der Waals surface area contributed by atoms with E-state index in [4.69, 9.17) is 18.6 Å². The van der Waals surface area contributed by atoms with Gasteiger partial charge in [0.1, 0.15) is 11.5 Å². The molecule has 5 heteroatoms. The second-order valence-electron chi connectivity index (χ2n) is 8.54. The molecular formula is C28H34O5. The number of hydrogen-bond donors (Lipinski definition) is 0. The molecule has 176 valence electrons. The van der Waals surface area contributed by atoms with Crippen LogP contribution in [0.3, 0.4) is 0 Å². The molecule has 3 aromatic rings. The van der Waals surface area contributed by atoms with Gasteiger partial charge in [-0.05, 0) is 31.7 Å². The maximum Gasteiger partial charge on any atom is 0.336 e. The average Bonchev–Trinajstić information content (AvgIpc) is 2.82. The van der Waals surface area contributed by atoms with Crippen molar-refractivity contribution in [1.29, 1.82) is 0 Å². The fourth-order valence-corrected chi connectivity index (χ4v) is 4.33. The van der Waals surface area contributed by atoms with E-state index >= 15 is 0 Å². The first-order chi connectivity index (χ1) is 15.9. The van der Waals surface area contributed by atoms with Crippen molar-refractivity contribution in [2.45, 2.75) is 46.6 Å². The van der Waals surface area contributed by atoms with Crippen LogP contribution in [0.5, 0.6) is 11.5 Å². The molecule has 33 heavy (non-hydrogen) atoms. The monoisotopic (exact) mass is 450 g/mol. The van der Waals surface area contributed by atoms with Gasteiger partial charge in [0.25, 0.3) is 0 Å². The van der Waals surface area contributed by atoms with E-state index < -0.39 is 5.63 Å². The van der Waals surface area contributed by atoms with Gasteiger partial charge in [-0.3, -0.25) is 0 Å². The van der Waals surface area contributed by atoms with E-state index in [9.17, 15) is 4.79 Å². The smallest absolute Gasteiger partial charge is 0.336 e. The largest absolute Gasteiger partial charge is 0.496 e. The van der Waals surface area contributed by atoms with Crippen molar-refractivity contribution in [3.05, 3.63) is 69.6 Å². The summed E-state index contributed by atoms with van der Waals surface area (Å²) in [6.45, 7) is 8.36. The zero-order valence-corrected chi connectivity index (χ0v) is 20.7. The van der Waals surface area contributed by atoms with Crippen LogP contribution < -0.4 is 15.1 Å². The summed E-state index contributed by atoms with van der Waals surface area (Å²) in [5, 5.41) is 0.751. The van der Waals surface area contributed by atoms with Crippen molar-refractivity contribution in [2.75, 3.05) is 21.3 Å². The summed E-state index contributed by atoms with van der Waals surface area (Å²) in [5.41, 5.74) is 4.53. The van der Waals surface area contributed by atoms with Crippen LogP contribution in [0.25, 0.3) is 22.1 Å². The maximum atomic E-state index is 12.8. The first kappa shape index (κ1) is 24.6. The summed E-state index contributed by atoms with van der Waals surface area (Å²) in [6.07, 6.45) is 3.32. The van der Waals surface area contributed by atoms with E-state index in [1.165, 1.54) is 11.6 Å². The molecule has 3 rings (SSSR count). The Morgan fingerprint density at radius 1 is 1.06 bits per heavy atom. The summed E-state index contributed by atoms with van der Waals surface area (Å²) in [4.78, 5) is 12.8. The molecule has 0 fully saturated rings. The van der Waals surface area contributed by atoms with Crippen LogP contribution in [0.15, 0.2) is 57.3 Å². The van der Waals surface area contributed by atoms with Gasteiger partial charge in [-0.2, -0.15) is 0 Å². The van der Waals surface area contributed by atoms with Crippen molar-refractivity contribution in [3.8, 4) is 22.6 Å². The van der Waals surface area contributed by atoms with E-state index in [-0.39, 0.29) is 12.0 Å². The number of allylic oxidation sites excluding steroid dienone is 2. The quantitative estimate of drug-likeness (QED) is 0.267. The van der Waals surface area contributed by atoms with Crippen LogP contribution in [0.2, 0.25) is 0 Å². The fraction of sp³-hybridized carbons (Fsp3) is 0.393. The van der Waals surface area contributed by atoms with E-state index in [1.54, 1.807) is 21.3 Å². The molecule has 2 atom stereocenters. The summed E-state index contributed by atoms with van der Waals surface area (Å²) >= 11 is 0. The van der Waals surface area contributed by atoms with Crippen molar-refractivity contribution in [1.82, 2.24) is 0 Å². The van der Waals surface area contributed by atoms with Crippen LogP contribution in [0, 0.1) is 5.92 Å². The molecule has 0 spiro atoms. The highest BCUT2D eigenvalue weighted by Gasteiger charge is 2.32. The number of benzene rings is 2. The lowest BCUT2D eigenvalue weighted by Crippen LogP contribution is -2.16. The van der Waals surface area contributed by atoms with E-state index in [2.05, 4.69) is 33.8 Å². The van der Waals surface area contributed by atoms with E-state index in [1.807, 2.05) is 30.3 Å². The van der Waals surface area contributed by atoms with Crippen LogP contribution in [-0.4, -0.2) is 21.3 Å². The molecule has 0 aliphatic carbocycles. The van der Waals surface area contributed by atoms with Crippen LogP contribution >= 0.6 is 0 Å². The highest BCUT2D eigenvalue weighted by Crippen LogP contribution is 2.49. The topological polar surface area (TPSA) is 57.9 Å². The minimum Gasteiger partial charge on any atom is -0.496 e. The average molecular weight is 451 g/mol. The van der Waals surface area contributed by atoms with Crippen LogP contribution in [-0.2, 0) is 11.2 Å². The van der Waals surface area contributed by atoms with Gasteiger partial charge in [-0.15, -0.1) is 0 Å². The van der Waals surface area contributed by atoms with Gasteiger partial charge in [0.15, 0.2) is 5.58 Å². The zero-order chi connectivity index (χ0) is 24.1. The summed E-state index contributed by atoms with van der Waals surface area (Å²) in [5.74, 6) is 1.45. The summed E-state index contributed by atoms with van der Waals surface area (Å²) < 4.78 is 23.8. The molecular weight excluding hydrogens is 416 g/mol. The van der Waals surface area contributed by atoms with E-state index in [0.717, 1.165) is 34.1 Å². The Morgan fingerprint density at radius 2 is 1.73 bits per heavy atom. The van der Waals surface area contributed by atoms with Gasteiger partial charge in [0.2, 0.25) is 0 Å². The molecule has 2 aromatic carbocycles. The SMILES string of the molecule is CCC(C)C(OC)c1c(OC)c(CC=C(C)C)c(OC)c2c(-c3ccccc3)cc(=O)oc12. The zero-order valence-electron chi connectivity index (χ0n) is 20.7. The first-order valence-electron chi connectivity index (χ1n) is 11.3. The summed E-state index contributed by atoms with van der Waals surface area (Å²) in [7, 11) is 4.96. The number of ether oxygens (including phenoxy) is 3. The summed E-state index contributed by atoms with van der Waals surface area (Å²) in [6, 6.07) is 11.4. The Morgan fingerprint density at radius 3 is 2.27 bits per heavy atom. The highest BCUT2D eigenvalue weighted by atomic mass is 16.5. The second kappa shape index (κ2) is 10.7. The molecule has 0 amide bonds. The van der Waals surface area contributed by atoms with Gasteiger partial charge in [-0.1, -0.05) is 62.2 Å². The van der Waals surface area contributed by atoms with Gasteiger partial charge < -0.3 is 18.6 Å². The van der Waals surface area contributed by atoms with Crippen LogP contribution in [0.4, 0.5) is 0 Å². The minimum absolute atomic E-state index is 0.169. The molecule has 1 heterocycles. The van der Waals surface area contributed by atoms with Gasteiger partial charge in [0.05, 0.1) is 31.3 Å². The Balaban J connectivity index is 2.59. The molecule has 0 aliphatic rings. The molecule has 0 N–H and O–H groups in total. The lowest BCUT2D eigenvalue weighted by molar-refractivity contribution is 0.0547. The number of rotatable bonds is 9. The van der Waals surface area contributed by atoms with Crippen molar-refractivity contribution in [3.63, 3.8) is 0 Å². The van der Waals surface area contributed by atoms with Crippen molar-refractivity contribution < 1.29 is 18.6 Å². The van der Waals surface area contributed by atoms with Crippen LogP contribution in [0.1, 0.15) is 51.3 Å². The Kier molecular flexibility index (Phi) is 7.98. The predicted molar refractivity (Wildman–Crippen MR) is 133 cm³/mol. The minimum atomic E-state index is -0.428. The van der Waals surface area contributed by atoms with Gasteiger partial charge in [-0.25, -0.2) is 4.79 Å². The first-order valence-corrected chi connectivity index (χ1v) is 11.3. The second-order valence-corrected chi connectivity index (χ2v) is 8.54. The maximum absolute atomic E-state index is 12.8. The van der Waals surface area contributed by atoms with Crippen molar-refractivity contribution in [2.24, 2.45) is 5.92 Å². The molecule has 2 unspecified atom stereocenters. The number of hydrogen-bond acceptors (Lipinski definition) is 5. The highest BCUT2D eigenvalue weighted by molar-refractivity contribution is 6.02. The molecule has 0 saturated carbocycles. The molecule has 5 nitrogen and oxygen atoms in total. The normalized spacial score (nSPS) is 12.9. The third-order valence-electron chi connectivity index (χ3n) is 6.13. The van der Waals surface area contributed by atoms with Gasteiger partial charge in [0, 0.05) is 24.3 Å². The molecule has 0 bridgehead atoms. The Bertz CT molecular complexity index is 1190. The third-order valence-corrected chi connectivity index (χ3v) is 6.13. The molecule has 1 aromatic heterocycles. The molecule has 0 radical (unpaired) electrons. The van der Waals surface area contributed by atoms with Crippen molar-refractivity contribution >= 4 is 11.0 Å². The third kappa shape index (κ3) is 4.83. The fourth-order valence-electron chi connectivity index (χ4n) is 4.33. The molecule has 0 saturated heterocycles. The standard InChI is InChI=1S/C28H34O5/c1-8-18(4)25(30-5)24-27(32-7)20(15-14-17(2)3)26(31-6)23-21(16-22(29)33-28(23)24)19-12-10-9-11-13-19/h9-14,16,18,25H,8,15H2,1-7H3.